The average Bonchev–Trinajstić information content (AvgIpc) is 2.46. The molecule has 110 valence electrons. The minimum Gasteiger partial charge on any atom is -0.495 e. The van der Waals surface area contributed by atoms with E-state index in [-0.39, 0.29) is 4.90 Å². The number of hydrogen-bond acceptors (Lipinski definition) is 4. The molecule has 2 saturated heterocycles. The SMILES string of the molecule is COc1ccccc1S(=O)(=O)N1CC[C@@H]2CN(C)[C@@H]2C1. The number of nitrogens with zero attached hydrogens (tertiary/aromatic N) is 2. The summed E-state index contributed by atoms with van der Waals surface area (Å²) < 4.78 is 32.3. The summed E-state index contributed by atoms with van der Waals surface area (Å²) in [5, 5.41) is 0. The molecule has 0 unspecified atom stereocenters. The van der Waals surface area contributed by atoms with Crippen molar-refractivity contribution in [2.45, 2.75) is 17.4 Å². The first-order valence-corrected chi connectivity index (χ1v) is 8.31. The lowest BCUT2D eigenvalue weighted by atomic mass is 9.84. The van der Waals surface area contributed by atoms with Crippen LogP contribution in [0.1, 0.15) is 6.42 Å². The lowest BCUT2D eigenvalue weighted by Gasteiger charge is -2.51. The van der Waals surface area contributed by atoms with Crippen LogP contribution in [0.3, 0.4) is 0 Å². The molecule has 0 aliphatic carbocycles. The molecule has 1 aromatic rings. The quantitative estimate of drug-likeness (QED) is 0.835. The van der Waals surface area contributed by atoms with E-state index in [1.807, 2.05) is 0 Å². The second-order valence-corrected chi connectivity index (χ2v) is 7.48. The summed E-state index contributed by atoms with van der Waals surface area (Å²) in [6.45, 7) is 2.28. The van der Waals surface area contributed by atoms with Crippen LogP contribution in [0.25, 0.3) is 0 Å². The van der Waals surface area contributed by atoms with Crippen molar-refractivity contribution in [3.8, 4) is 5.75 Å². The Balaban J connectivity index is 1.88. The highest BCUT2D eigenvalue weighted by molar-refractivity contribution is 7.89. The van der Waals surface area contributed by atoms with Crippen molar-refractivity contribution in [2.75, 3.05) is 33.8 Å². The predicted octanol–water partition coefficient (Wildman–Crippen LogP) is 1.02. The number of sulfonamides is 1. The van der Waals surface area contributed by atoms with Crippen LogP contribution < -0.4 is 4.74 Å². The van der Waals surface area contributed by atoms with E-state index in [0.29, 0.717) is 30.8 Å². The Hall–Kier alpha value is -1.11. The zero-order valence-corrected chi connectivity index (χ0v) is 12.6. The third kappa shape index (κ3) is 2.12. The molecule has 0 amide bonds. The Labute approximate surface area is 120 Å². The van der Waals surface area contributed by atoms with E-state index < -0.39 is 10.0 Å². The fourth-order valence-corrected chi connectivity index (χ4v) is 4.85. The number of fused-ring (bicyclic) bond motifs is 1. The number of piperidine rings is 1. The van der Waals surface area contributed by atoms with Gasteiger partial charge in [-0.1, -0.05) is 12.1 Å². The molecule has 0 saturated carbocycles. The predicted molar refractivity (Wildman–Crippen MR) is 76.3 cm³/mol. The largest absolute Gasteiger partial charge is 0.495 e. The van der Waals surface area contributed by atoms with Crippen molar-refractivity contribution >= 4 is 10.0 Å². The summed E-state index contributed by atoms with van der Waals surface area (Å²) in [7, 11) is 0.0872. The van der Waals surface area contributed by atoms with E-state index in [2.05, 4.69) is 11.9 Å². The second kappa shape index (κ2) is 5.02. The third-order valence-electron chi connectivity index (χ3n) is 4.46. The van der Waals surface area contributed by atoms with Gasteiger partial charge in [0.15, 0.2) is 0 Å². The first-order valence-electron chi connectivity index (χ1n) is 6.87. The third-order valence-corrected chi connectivity index (χ3v) is 6.36. The van der Waals surface area contributed by atoms with Gasteiger partial charge in [0.25, 0.3) is 0 Å². The Morgan fingerprint density at radius 2 is 2.00 bits per heavy atom. The number of rotatable bonds is 3. The van der Waals surface area contributed by atoms with Gasteiger partial charge in [-0.25, -0.2) is 8.42 Å². The van der Waals surface area contributed by atoms with Crippen molar-refractivity contribution < 1.29 is 13.2 Å². The van der Waals surface area contributed by atoms with Crippen LogP contribution in [0.5, 0.6) is 5.75 Å². The number of methoxy groups -OCH3 is 1. The van der Waals surface area contributed by atoms with E-state index in [9.17, 15) is 8.42 Å². The molecule has 2 atom stereocenters. The van der Waals surface area contributed by atoms with Crippen LogP contribution in [0, 0.1) is 5.92 Å². The molecule has 6 heteroatoms. The van der Waals surface area contributed by atoms with Gasteiger partial charge in [0.05, 0.1) is 7.11 Å². The van der Waals surface area contributed by atoms with Gasteiger partial charge in [-0.3, -0.25) is 0 Å². The molecule has 20 heavy (non-hydrogen) atoms. The fourth-order valence-electron chi connectivity index (χ4n) is 3.22. The maximum absolute atomic E-state index is 12.8. The van der Waals surface area contributed by atoms with Gasteiger partial charge in [-0.15, -0.1) is 0 Å². The average molecular weight is 296 g/mol. The van der Waals surface area contributed by atoms with Crippen LogP contribution >= 0.6 is 0 Å². The molecule has 0 N–H and O–H groups in total. The highest BCUT2D eigenvalue weighted by Crippen LogP contribution is 2.34. The second-order valence-electron chi connectivity index (χ2n) is 5.57. The summed E-state index contributed by atoms with van der Waals surface area (Å²) in [6.07, 6.45) is 0.948. The molecule has 3 rings (SSSR count). The number of para-hydroxylation sites is 1. The number of likely N-dealkylation sites (tertiary alicyclic amines) is 1. The van der Waals surface area contributed by atoms with Gasteiger partial charge in [0.2, 0.25) is 10.0 Å². The normalized spacial score (nSPS) is 27.7. The Morgan fingerprint density at radius 3 is 2.70 bits per heavy atom. The molecule has 2 heterocycles. The van der Waals surface area contributed by atoms with E-state index >= 15 is 0 Å². The molecule has 0 spiro atoms. The number of likely N-dealkylation sites (N-methyl/N-ethyl adjacent to an activating group) is 1. The van der Waals surface area contributed by atoms with E-state index in [4.69, 9.17) is 4.74 Å². The van der Waals surface area contributed by atoms with Gasteiger partial charge in [-0.05, 0) is 31.5 Å². The van der Waals surface area contributed by atoms with E-state index in [0.717, 1.165) is 13.0 Å². The monoisotopic (exact) mass is 296 g/mol. The van der Waals surface area contributed by atoms with Crippen molar-refractivity contribution in [1.29, 1.82) is 0 Å². The van der Waals surface area contributed by atoms with Crippen molar-refractivity contribution in [3.05, 3.63) is 24.3 Å². The highest BCUT2D eigenvalue weighted by Gasteiger charge is 2.43. The van der Waals surface area contributed by atoms with Gasteiger partial charge < -0.3 is 9.64 Å². The molecule has 5 nitrogen and oxygen atoms in total. The summed E-state index contributed by atoms with van der Waals surface area (Å²) in [5.74, 6) is 1.07. The van der Waals surface area contributed by atoms with Gasteiger partial charge in [0.1, 0.15) is 10.6 Å². The van der Waals surface area contributed by atoms with Crippen molar-refractivity contribution in [2.24, 2.45) is 5.92 Å². The number of ether oxygens (including phenoxy) is 1. The maximum atomic E-state index is 12.8. The van der Waals surface area contributed by atoms with Crippen molar-refractivity contribution in [3.63, 3.8) is 0 Å². The highest BCUT2D eigenvalue weighted by atomic mass is 32.2. The summed E-state index contributed by atoms with van der Waals surface area (Å²) in [4.78, 5) is 2.50. The van der Waals surface area contributed by atoms with Crippen LogP contribution in [0.2, 0.25) is 0 Å². The topological polar surface area (TPSA) is 49.9 Å². The molecule has 2 aliphatic rings. The Morgan fingerprint density at radius 1 is 1.25 bits per heavy atom. The summed E-state index contributed by atoms with van der Waals surface area (Å²) >= 11 is 0. The summed E-state index contributed by atoms with van der Waals surface area (Å²) in [5.41, 5.74) is 0. The molecule has 0 bridgehead atoms. The smallest absolute Gasteiger partial charge is 0.246 e. The zero-order chi connectivity index (χ0) is 14.3. The van der Waals surface area contributed by atoms with Crippen molar-refractivity contribution in [1.82, 2.24) is 9.21 Å². The molecule has 0 aromatic heterocycles. The molecule has 2 fully saturated rings. The number of hydrogen-bond donors (Lipinski definition) is 0. The minimum absolute atomic E-state index is 0.267. The molecular formula is C14H20N2O3S. The minimum atomic E-state index is -3.47. The van der Waals surface area contributed by atoms with Crippen LogP contribution in [0.15, 0.2) is 29.2 Å². The van der Waals surface area contributed by atoms with Gasteiger partial charge in [-0.2, -0.15) is 4.31 Å². The molecule has 0 radical (unpaired) electrons. The Bertz CT molecular complexity index is 602. The Kier molecular flexibility index (Phi) is 3.48. The van der Waals surface area contributed by atoms with E-state index in [1.165, 1.54) is 7.11 Å². The first-order chi connectivity index (χ1) is 9.54. The fraction of sp³-hybridized carbons (Fsp3) is 0.571. The van der Waals surface area contributed by atoms with Gasteiger partial charge in [0, 0.05) is 25.7 Å². The van der Waals surface area contributed by atoms with Crippen LogP contribution in [-0.4, -0.2) is 57.5 Å². The van der Waals surface area contributed by atoms with Gasteiger partial charge >= 0.3 is 0 Å². The zero-order valence-electron chi connectivity index (χ0n) is 11.8. The summed E-state index contributed by atoms with van der Waals surface area (Å²) in [6, 6.07) is 7.19. The number of benzene rings is 1. The maximum Gasteiger partial charge on any atom is 0.246 e. The lowest BCUT2D eigenvalue weighted by Crippen LogP contribution is -2.63. The molecule has 2 aliphatic heterocycles. The first kappa shape index (κ1) is 13.9. The molecule has 1 aromatic carbocycles. The standard InChI is InChI=1S/C14H20N2O3S/c1-15-9-11-7-8-16(10-12(11)15)20(17,18)14-6-4-3-5-13(14)19-2/h3-6,11-12H,7-10H2,1-2H3/t11-,12-/m1/s1. The van der Waals surface area contributed by atoms with Crippen LogP contribution in [-0.2, 0) is 10.0 Å². The van der Waals surface area contributed by atoms with Crippen LogP contribution in [0.4, 0.5) is 0 Å². The lowest BCUT2D eigenvalue weighted by molar-refractivity contribution is -0.00373. The molecular weight excluding hydrogens is 276 g/mol. The van der Waals surface area contributed by atoms with E-state index in [1.54, 1.807) is 28.6 Å².